The summed E-state index contributed by atoms with van der Waals surface area (Å²) < 4.78 is 0. The van der Waals surface area contributed by atoms with E-state index < -0.39 is 0 Å². The molecule has 2 heteroatoms. The van der Waals surface area contributed by atoms with Gasteiger partial charge < -0.3 is 11.1 Å². The maximum Gasteiger partial charge on any atom is 0.00966 e. The van der Waals surface area contributed by atoms with Crippen molar-refractivity contribution in [2.24, 2.45) is 17.1 Å². The molecule has 0 heterocycles. The molecule has 2 rings (SSSR count). The van der Waals surface area contributed by atoms with Crippen molar-refractivity contribution in [3.8, 4) is 0 Å². The molecule has 2 aliphatic carbocycles. The summed E-state index contributed by atoms with van der Waals surface area (Å²) in [5.74, 6) is 0.925. The summed E-state index contributed by atoms with van der Waals surface area (Å²) in [6.45, 7) is 5.92. The van der Waals surface area contributed by atoms with Crippen LogP contribution in [0.25, 0.3) is 0 Å². The molecule has 0 radical (unpaired) electrons. The minimum atomic E-state index is 0.481. The molecule has 2 nitrogen and oxygen atoms in total. The van der Waals surface area contributed by atoms with Gasteiger partial charge in [-0.25, -0.2) is 0 Å². The van der Waals surface area contributed by atoms with Gasteiger partial charge in [0.15, 0.2) is 0 Å². The van der Waals surface area contributed by atoms with Gasteiger partial charge in [-0.05, 0) is 37.1 Å². The highest BCUT2D eigenvalue weighted by molar-refractivity contribution is 4.98. The number of nitrogens with one attached hydrogen (secondary N) is 1. The van der Waals surface area contributed by atoms with Gasteiger partial charge in [0.2, 0.25) is 0 Å². The Morgan fingerprint density at radius 3 is 2.42 bits per heavy atom. The summed E-state index contributed by atoms with van der Waals surface area (Å²) in [7, 11) is 0. The molecule has 12 heavy (non-hydrogen) atoms. The molecule has 2 saturated carbocycles. The molecule has 0 bridgehead atoms. The highest BCUT2D eigenvalue weighted by Gasteiger charge is 2.45. The third-order valence-electron chi connectivity index (χ3n) is 3.55. The Hall–Kier alpha value is -0.0800. The highest BCUT2D eigenvalue weighted by atomic mass is 15.0. The maximum atomic E-state index is 5.70. The molecule has 0 amide bonds. The topological polar surface area (TPSA) is 38.0 Å². The normalized spacial score (nSPS) is 43.8. The number of nitrogens with two attached hydrogens (primary N) is 1. The lowest BCUT2D eigenvalue weighted by molar-refractivity contribution is 0.285. The third kappa shape index (κ3) is 1.64. The largest absolute Gasteiger partial charge is 0.328 e. The van der Waals surface area contributed by atoms with Gasteiger partial charge >= 0.3 is 0 Å². The lowest BCUT2D eigenvalue weighted by Crippen LogP contribution is -2.49. The first-order valence-corrected chi connectivity index (χ1v) is 5.07. The molecule has 0 aromatic carbocycles. The van der Waals surface area contributed by atoms with Crippen LogP contribution in [0.3, 0.4) is 0 Å². The number of rotatable bonds is 3. The Kier molecular flexibility index (Phi) is 1.92. The minimum absolute atomic E-state index is 0.481. The standard InChI is InChI=1S/C10H20N2/c1-10(2)5-7(10)6-12-9-3-8(11)4-9/h7-9,12H,3-6,11H2,1-2H3. The van der Waals surface area contributed by atoms with Gasteiger partial charge in [-0.1, -0.05) is 13.8 Å². The Balaban J connectivity index is 1.59. The van der Waals surface area contributed by atoms with Crippen LogP contribution in [0.4, 0.5) is 0 Å². The molecule has 0 spiro atoms. The zero-order valence-electron chi connectivity index (χ0n) is 8.14. The van der Waals surface area contributed by atoms with E-state index in [4.69, 9.17) is 5.73 Å². The van der Waals surface area contributed by atoms with Crippen molar-refractivity contribution < 1.29 is 0 Å². The second kappa shape index (κ2) is 2.71. The monoisotopic (exact) mass is 168 g/mol. The summed E-state index contributed by atoms with van der Waals surface area (Å²) in [6.07, 6.45) is 3.78. The van der Waals surface area contributed by atoms with Crippen molar-refractivity contribution in [1.29, 1.82) is 0 Å². The molecule has 1 unspecified atom stereocenters. The average Bonchev–Trinajstić information content (AvgIpc) is 2.49. The summed E-state index contributed by atoms with van der Waals surface area (Å²) in [5, 5.41) is 3.59. The fourth-order valence-corrected chi connectivity index (χ4v) is 2.06. The molecule has 70 valence electrons. The number of hydrogen-bond acceptors (Lipinski definition) is 2. The Morgan fingerprint density at radius 2 is 2.00 bits per heavy atom. The molecular weight excluding hydrogens is 148 g/mol. The van der Waals surface area contributed by atoms with E-state index in [1.807, 2.05) is 0 Å². The van der Waals surface area contributed by atoms with Crippen LogP contribution in [0.15, 0.2) is 0 Å². The zero-order valence-corrected chi connectivity index (χ0v) is 8.14. The van der Waals surface area contributed by atoms with E-state index in [1.165, 1.54) is 25.8 Å². The van der Waals surface area contributed by atoms with Gasteiger partial charge in [0.05, 0.1) is 0 Å². The van der Waals surface area contributed by atoms with Crippen molar-refractivity contribution >= 4 is 0 Å². The molecule has 2 fully saturated rings. The molecule has 0 aromatic heterocycles. The molecule has 3 N–H and O–H groups in total. The van der Waals surface area contributed by atoms with Crippen LogP contribution >= 0.6 is 0 Å². The van der Waals surface area contributed by atoms with Crippen molar-refractivity contribution in [2.45, 2.75) is 45.2 Å². The smallest absolute Gasteiger partial charge is 0.00966 e. The lowest BCUT2D eigenvalue weighted by atomic mass is 9.87. The Morgan fingerprint density at radius 1 is 1.42 bits per heavy atom. The summed E-state index contributed by atoms with van der Waals surface area (Å²) in [6, 6.07) is 1.21. The molecule has 1 atom stereocenters. The first-order chi connectivity index (χ1) is 5.58. The fourth-order valence-electron chi connectivity index (χ4n) is 2.06. The second-order valence-electron chi connectivity index (χ2n) is 5.23. The van der Waals surface area contributed by atoms with E-state index in [9.17, 15) is 0 Å². The molecule has 0 aromatic rings. The molecule has 0 saturated heterocycles. The van der Waals surface area contributed by atoms with Crippen molar-refractivity contribution in [1.82, 2.24) is 5.32 Å². The quantitative estimate of drug-likeness (QED) is 0.662. The highest BCUT2D eigenvalue weighted by Crippen LogP contribution is 2.51. The van der Waals surface area contributed by atoms with Crippen LogP contribution in [-0.2, 0) is 0 Å². The second-order valence-corrected chi connectivity index (χ2v) is 5.23. The van der Waals surface area contributed by atoms with E-state index >= 15 is 0 Å². The average molecular weight is 168 g/mol. The summed E-state index contributed by atoms with van der Waals surface area (Å²) in [4.78, 5) is 0. The van der Waals surface area contributed by atoms with E-state index in [1.54, 1.807) is 0 Å². The zero-order chi connectivity index (χ0) is 8.77. The first kappa shape index (κ1) is 8.52. The molecule has 0 aliphatic heterocycles. The fraction of sp³-hybridized carbons (Fsp3) is 1.00. The van der Waals surface area contributed by atoms with Gasteiger partial charge in [-0.2, -0.15) is 0 Å². The van der Waals surface area contributed by atoms with Gasteiger partial charge in [0, 0.05) is 12.1 Å². The van der Waals surface area contributed by atoms with Crippen LogP contribution in [0.1, 0.15) is 33.1 Å². The third-order valence-corrected chi connectivity index (χ3v) is 3.55. The van der Waals surface area contributed by atoms with Crippen molar-refractivity contribution in [2.75, 3.05) is 6.54 Å². The van der Waals surface area contributed by atoms with Crippen LogP contribution in [0, 0.1) is 11.3 Å². The van der Waals surface area contributed by atoms with Crippen LogP contribution < -0.4 is 11.1 Å². The van der Waals surface area contributed by atoms with Crippen LogP contribution in [-0.4, -0.2) is 18.6 Å². The van der Waals surface area contributed by atoms with Crippen LogP contribution in [0.5, 0.6) is 0 Å². The van der Waals surface area contributed by atoms with Gasteiger partial charge in [0.1, 0.15) is 0 Å². The van der Waals surface area contributed by atoms with Crippen molar-refractivity contribution in [3.63, 3.8) is 0 Å². The summed E-state index contributed by atoms with van der Waals surface area (Å²) >= 11 is 0. The van der Waals surface area contributed by atoms with Gasteiger partial charge in [0.25, 0.3) is 0 Å². The molecule has 2 aliphatic rings. The van der Waals surface area contributed by atoms with Crippen molar-refractivity contribution in [3.05, 3.63) is 0 Å². The predicted molar refractivity (Wildman–Crippen MR) is 50.9 cm³/mol. The van der Waals surface area contributed by atoms with E-state index in [-0.39, 0.29) is 0 Å². The SMILES string of the molecule is CC1(C)CC1CNC1CC(N)C1. The lowest BCUT2D eigenvalue weighted by Gasteiger charge is -2.33. The van der Waals surface area contributed by atoms with E-state index in [0.717, 1.165) is 12.0 Å². The maximum absolute atomic E-state index is 5.70. The Bertz CT molecular complexity index is 171. The Labute approximate surface area is 74.9 Å². The van der Waals surface area contributed by atoms with E-state index in [0.29, 0.717) is 11.5 Å². The summed E-state index contributed by atoms with van der Waals surface area (Å²) in [5.41, 5.74) is 6.33. The first-order valence-electron chi connectivity index (χ1n) is 5.07. The molecular formula is C10H20N2. The van der Waals surface area contributed by atoms with E-state index in [2.05, 4.69) is 19.2 Å². The number of hydrogen-bond donors (Lipinski definition) is 2. The van der Waals surface area contributed by atoms with Crippen LogP contribution in [0.2, 0.25) is 0 Å². The minimum Gasteiger partial charge on any atom is -0.328 e. The van der Waals surface area contributed by atoms with Gasteiger partial charge in [-0.3, -0.25) is 0 Å². The van der Waals surface area contributed by atoms with Gasteiger partial charge in [-0.15, -0.1) is 0 Å². The predicted octanol–water partition coefficient (Wildman–Crippen LogP) is 1.11.